The van der Waals surface area contributed by atoms with E-state index < -0.39 is 0 Å². The van der Waals surface area contributed by atoms with Crippen molar-refractivity contribution in [1.82, 2.24) is 20.2 Å². The van der Waals surface area contributed by atoms with Gasteiger partial charge in [-0.3, -0.25) is 0 Å². The van der Waals surface area contributed by atoms with Crippen molar-refractivity contribution >= 4 is 11.8 Å². The number of benzene rings is 2. The van der Waals surface area contributed by atoms with E-state index in [1.807, 2.05) is 24.3 Å². The second-order valence-corrected chi connectivity index (χ2v) is 6.18. The molecule has 3 rings (SSSR count). The van der Waals surface area contributed by atoms with E-state index in [2.05, 4.69) is 15.5 Å². The van der Waals surface area contributed by atoms with E-state index in [1.165, 1.54) is 23.9 Å². The van der Waals surface area contributed by atoms with Gasteiger partial charge in [0.2, 0.25) is 5.16 Å². The van der Waals surface area contributed by atoms with Gasteiger partial charge in [0, 0.05) is 5.75 Å². The third-order valence-electron chi connectivity index (χ3n) is 3.39. The molecule has 0 amide bonds. The Morgan fingerprint density at radius 3 is 2.48 bits per heavy atom. The van der Waals surface area contributed by atoms with Crippen LogP contribution in [0.3, 0.4) is 0 Å². The molecule has 3 aromatic rings. The van der Waals surface area contributed by atoms with Crippen molar-refractivity contribution in [1.29, 1.82) is 0 Å². The summed E-state index contributed by atoms with van der Waals surface area (Å²) in [5.41, 5.74) is 1.08. The smallest absolute Gasteiger partial charge is 0.209 e. The summed E-state index contributed by atoms with van der Waals surface area (Å²) >= 11 is 1.51. The highest BCUT2D eigenvalue weighted by Crippen LogP contribution is 2.18. The first-order valence-electron chi connectivity index (χ1n) is 7.65. The van der Waals surface area contributed by atoms with Gasteiger partial charge in [0.25, 0.3) is 0 Å². The number of hydrogen-bond donors (Lipinski definition) is 0. The van der Waals surface area contributed by atoms with E-state index >= 15 is 0 Å². The van der Waals surface area contributed by atoms with Crippen molar-refractivity contribution in [2.45, 2.75) is 11.7 Å². The number of thioether (sulfide) groups is 1. The van der Waals surface area contributed by atoms with Crippen molar-refractivity contribution in [2.24, 2.45) is 0 Å². The number of aromatic nitrogens is 4. The van der Waals surface area contributed by atoms with Crippen LogP contribution in [-0.4, -0.2) is 39.7 Å². The number of ether oxygens (including phenoxy) is 2. The SMILES string of the molecule is COc1ccc(Cn2nnnc2SCCOc2ccc(F)cc2)cc1. The lowest BCUT2D eigenvalue weighted by Gasteiger charge is -2.07. The number of methoxy groups -OCH3 is 1. The molecule has 0 saturated carbocycles. The highest BCUT2D eigenvalue weighted by atomic mass is 32.2. The van der Waals surface area contributed by atoms with E-state index in [9.17, 15) is 4.39 Å². The zero-order chi connectivity index (χ0) is 17.5. The van der Waals surface area contributed by atoms with Crippen molar-refractivity contribution in [3.8, 4) is 11.5 Å². The second kappa shape index (κ2) is 8.48. The Morgan fingerprint density at radius 2 is 1.76 bits per heavy atom. The fourth-order valence-electron chi connectivity index (χ4n) is 2.13. The van der Waals surface area contributed by atoms with Gasteiger partial charge in [-0.05, 0) is 52.4 Å². The summed E-state index contributed by atoms with van der Waals surface area (Å²) in [7, 11) is 1.64. The van der Waals surface area contributed by atoms with Crippen LogP contribution in [0.1, 0.15) is 5.56 Å². The lowest BCUT2D eigenvalue weighted by molar-refractivity contribution is 0.343. The summed E-state index contributed by atoms with van der Waals surface area (Å²) in [5.74, 6) is 1.85. The van der Waals surface area contributed by atoms with E-state index in [0.29, 0.717) is 24.7 Å². The molecule has 0 radical (unpaired) electrons. The quantitative estimate of drug-likeness (QED) is 0.454. The van der Waals surface area contributed by atoms with Crippen LogP contribution < -0.4 is 9.47 Å². The van der Waals surface area contributed by atoms with Crippen LogP contribution in [0.25, 0.3) is 0 Å². The maximum atomic E-state index is 12.8. The monoisotopic (exact) mass is 360 g/mol. The minimum Gasteiger partial charge on any atom is -0.497 e. The number of rotatable bonds is 8. The molecule has 0 saturated heterocycles. The largest absolute Gasteiger partial charge is 0.497 e. The Morgan fingerprint density at radius 1 is 1.04 bits per heavy atom. The molecule has 1 heterocycles. The molecule has 0 N–H and O–H groups in total. The van der Waals surface area contributed by atoms with Gasteiger partial charge in [-0.1, -0.05) is 23.9 Å². The average molecular weight is 360 g/mol. The molecular weight excluding hydrogens is 343 g/mol. The van der Waals surface area contributed by atoms with Crippen LogP contribution in [0, 0.1) is 5.82 Å². The summed E-state index contributed by atoms with van der Waals surface area (Å²) in [6.45, 7) is 1.06. The fourth-order valence-corrected chi connectivity index (χ4v) is 2.82. The molecule has 0 aliphatic rings. The Bertz CT molecular complexity index is 793. The van der Waals surface area contributed by atoms with Gasteiger partial charge < -0.3 is 9.47 Å². The van der Waals surface area contributed by atoms with Gasteiger partial charge in [-0.15, -0.1) is 5.10 Å². The zero-order valence-electron chi connectivity index (χ0n) is 13.6. The van der Waals surface area contributed by atoms with Gasteiger partial charge in [0.15, 0.2) is 0 Å². The van der Waals surface area contributed by atoms with E-state index in [4.69, 9.17) is 9.47 Å². The first-order chi connectivity index (χ1) is 12.2. The first-order valence-corrected chi connectivity index (χ1v) is 8.63. The minimum absolute atomic E-state index is 0.278. The maximum Gasteiger partial charge on any atom is 0.209 e. The number of tetrazole rings is 1. The summed E-state index contributed by atoms with van der Waals surface area (Å²) in [6, 6.07) is 13.7. The molecule has 0 unspecified atom stereocenters. The Labute approximate surface area is 149 Å². The highest BCUT2D eigenvalue weighted by molar-refractivity contribution is 7.99. The average Bonchev–Trinajstić information content (AvgIpc) is 3.08. The fraction of sp³-hybridized carbons (Fsp3) is 0.235. The molecule has 0 fully saturated rings. The molecule has 2 aromatic carbocycles. The Kier molecular flexibility index (Phi) is 5.84. The van der Waals surface area contributed by atoms with Crippen LogP contribution in [0.15, 0.2) is 53.7 Å². The van der Waals surface area contributed by atoms with Gasteiger partial charge >= 0.3 is 0 Å². The number of nitrogens with zero attached hydrogens (tertiary/aromatic N) is 4. The number of halogens is 1. The molecule has 0 aliphatic heterocycles. The topological polar surface area (TPSA) is 62.1 Å². The van der Waals surface area contributed by atoms with Gasteiger partial charge in [0.1, 0.15) is 17.3 Å². The normalized spacial score (nSPS) is 10.6. The molecule has 6 nitrogen and oxygen atoms in total. The minimum atomic E-state index is -0.278. The Balaban J connectivity index is 1.50. The molecule has 25 heavy (non-hydrogen) atoms. The van der Waals surface area contributed by atoms with E-state index in [0.717, 1.165) is 16.5 Å². The molecule has 130 valence electrons. The summed E-state index contributed by atoms with van der Waals surface area (Å²) in [5, 5.41) is 12.5. The van der Waals surface area contributed by atoms with Crippen LogP contribution in [0.2, 0.25) is 0 Å². The standard InChI is InChI=1S/C17H17FN4O2S/c1-23-15-6-2-13(3-7-15)12-22-17(19-20-21-22)25-11-10-24-16-8-4-14(18)5-9-16/h2-9H,10-12H2,1H3. The van der Waals surface area contributed by atoms with Crippen LogP contribution in [0.5, 0.6) is 11.5 Å². The van der Waals surface area contributed by atoms with Crippen LogP contribution in [-0.2, 0) is 6.54 Å². The summed E-state index contributed by atoms with van der Waals surface area (Å²) in [4.78, 5) is 0. The van der Waals surface area contributed by atoms with E-state index in [-0.39, 0.29) is 5.82 Å². The molecule has 0 spiro atoms. The van der Waals surface area contributed by atoms with Crippen molar-refractivity contribution in [3.63, 3.8) is 0 Å². The van der Waals surface area contributed by atoms with Crippen LogP contribution in [0.4, 0.5) is 4.39 Å². The Hall–Kier alpha value is -2.61. The predicted octanol–water partition coefficient (Wildman–Crippen LogP) is 3.04. The second-order valence-electron chi connectivity index (χ2n) is 5.12. The predicted molar refractivity (Wildman–Crippen MR) is 92.5 cm³/mol. The van der Waals surface area contributed by atoms with Gasteiger partial charge in [-0.2, -0.15) is 0 Å². The van der Waals surface area contributed by atoms with Crippen molar-refractivity contribution in [2.75, 3.05) is 19.5 Å². The summed E-state index contributed by atoms with van der Waals surface area (Å²) in [6.07, 6.45) is 0. The van der Waals surface area contributed by atoms with Crippen molar-refractivity contribution in [3.05, 3.63) is 59.9 Å². The lowest BCUT2D eigenvalue weighted by Crippen LogP contribution is -2.06. The molecule has 0 bridgehead atoms. The molecule has 1 aromatic heterocycles. The third-order valence-corrected chi connectivity index (χ3v) is 4.31. The van der Waals surface area contributed by atoms with Gasteiger partial charge in [-0.25, -0.2) is 9.07 Å². The first kappa shape index (κ1) is 17.2. The van der Waals surface area contributed by atoms with Crippen molar-refractivity contribution < 1.29 is 13.9 Å². The zero-order valence-corrected chi connectivity index (χ0v) is 14.4. The third kappa shape index (κ3) is 4.93. The lowest BCUT2D eigenvalue weighted by atomic mass is 10.2. The molecule has 8 heteroatoms. The van der Waals surface area contributed by atoms with Gasteiger partial charge in [0.05, 0.1) is 20.3 Å². The maximum absolute atomic E-state index is 12.8. The molecular formula is C17H17FN4O2S. The molecule has 0 aliphatic carbocycles. The van der Waals surface area contributed by atoms with Crippen LogP contribution >= 0.6 is 11.8 Å². The highest BCUT2D eigenvalue weighted by Gasteiger charge is 2.08. The summed E-state index contributed by atoms with van der Waals surface area (Å²) < 4.78 is 25.3. The number of hydrogen-bond acceptors (Lipinski definition) is 6. The molecule has 0 atom stereocenters. The van der Waals surface area contributed by atoms with E-state index in [1.54, 1.807) is 23.9 Å².